The Bertz CT molecular complexity index is 1630. The van der Waals surface area contributed by atoms with E-state index in [1.807, 2.05) is 0 Å². The zero-order valence-corrected chi connectivity index (χ0v) is 20.4. The van der Waals surface area contributed by atoms with Crippen molar-refractivity contribution in [1.29, 1.82) is 0 Å². The van der Waals surface area contributed by atoms with Crippen LogP contribution in [0.4, 0.5) is 18.9 Å². The van der Waals surface area contributed by atoms with Crippen LogP contribution in [-0.4, -0.2) is 31.8 Å². The van der Waals surface area contributed by atoms with E-state index in [0.717, 1.165) is 11.8 Å². The number of sulfonamides is 1. The van der Waals surface area contributed by atoms with Gasteiger partial charge in [-0.3, -0.25) is 9.52 Å². The van der Waals surface area contributed by atoms with Crippen LogP contribution in [-0.2, 0) is 15.4 Å². The Morgan fingerprint density at radius 2 is 1.73 bits per heavy atom. The van der Waals surface area contributed by atoms with E-state index in [0.29, 0.717) is 35.0 Å². The van der Waals surface area contributed by atoms with E-state index in [1.54, 1.807) is 24.3 Å². The molecule has 4 aromatic rings. The lowest BCUT2D eigenvalue weighted by Gasteiger charge is -2.20. The number of primary amides is 1. The van der Waals surface area contributed by atoms with Crippen molar-refractivity contribution in [3.8, 4) is 11.4 Å². The molecule has 1 aliphatic rings. The van der Waals surface area contributed by atoms with Crippen LogP contribution in [0.3, 0.4) is 0 Å². The van der Waals surface area contributed by atoms with Gasteiger partial charge < -0.3 is 15.0 Å². The van der Waals surface area contributed by atoms with Crippen molar-refractivity contribution < 1.29 is 31.1 Å². The molecule has 0 aliphatic heterocycles. The molecule has 0 unspecified atom stereocenters. The van der Waals surface area contributed by atoms with Gasteiger partial charge in [0, 0.05) is 16.9 Å². The van der Waals surface area contributed by atoms with Crippen LogP contribution in [0.5, 0.6) is 5.75 Å². The van der Waals surface area contributed by atoms with E-state index in [4.69, 9.17) is 10.5 Å². The van der Waals surface area contributed by atoms with Crippen LogP contribution in [0.2, 0.25) is 0 Å². The Kier molecular flexibility index (Phi) is 5.90. The number of anilines is 1. The fourth-order valence-corrected chi connectivity index (χ4v) is 5.29. The van der Waals surface area contributed by atoms with Gasteiger partial charge in [-0.1, -0.05) is 18.2 Å². The second-order valence-corrected chi connectivity index (χ2v) is 10.8. The van der Waals surface area contributed by atoms with Gasteiger partial charge in [0.1, 0.15) is 17.3 Å². The van der Waals surface area contributed by atoms with Gasteiger partial charge in [0.25, 0.3) is 5.91 Å². The Labute approximate surface area is 210 Å². The molecule has 192 valence electrons. The Balaban J connectivity index is 1.73. The molecule has 1 heterocycles. The molecular formula is C26H22F3N3O4S. The predicted molar refractivity (Wildman–Crippen MR) is 133 cm³/mol. The molecule has 1 aromatic heterocycles. The highest BCUT2D eigenvalue weighted by molar-refractivity contribution is 7.92. The number of hydrogen-bond donors (Lipinski definition) is 2. The quantitative estimate of drug-likeness (QED) is 0.338. The van der Waals surface area contributed by atoms with Crippen molar-refractivity contribution >= 4 is 32.5 Å². The van der Waals surface area contributed by atoms with E-state index < -0.39 is 33.8 Å². The lowest BCUT2D eigenvalue weighted by Crippen LogP contribution is -2.17. The van der Waals surface area contributed by atoms with Crippen molar-refractivity contribution in [2.45, 2.75) is 24.9 Å². The maximum atomic E-state index is 13.6. The zero-order chi connectivity index (χ0) is 26.5. The standard InChI is InChI=1S/C26H22F3N3O4S/c1-37(34,35)31-19-7-2-15-10-23(24(30)33)32(22(15)13-19)20-11-17(12-21(14-20)36-25(28)29)26(8-9-26)16-3-5-18(27)6-4-16/h2-7,10-14,25,31H,8-9H2,1H3,(H2,30,33). The average Bonchev–Trinajstić information content (AvgIpc) is 3.52. The topological polar surface area (TPSA) is 103 Å². The Morgan fingerprint density at radius 3 is 2.32 bits per heavy atom. The van der Waals surface area contributed by atoms with Crippen LogP contribution in [0.25, 0.3) is 16.6 Å². The first-order valence-electron chi connectivity index (χ1n) is 11.3. The smallest absolute Gasteiger partial charge is 0.387 e. The molecule has 37 heavy (non-hydrogen) atoms. The first-order valence-corrected chi connectivity index (χ1v) is 13.1. The van der Waals surface area contributed by atoms with Crippen LogP contribution >= 0.6 is 0 Å². The van der Waals surface area contributed by atoms with Gasteiger partial charge >= 0.3 is 6.61 Å². The lowest BCUT2D eigenvalue weighted by atomic mass is 9.87. The number of carbonyl (C=O) groups is 1. The number of ether oxygens (including phenoxy) is 1. The second-order valence-electron chi connectivity index (χ2n) is 9.06. The number of amides is 1. The Hall–Kier alpha value is -3.99. The van der Waals surface area contributed by atoms with Crippen LogP contribution < -0.4 is 15.2 Å². The van der Waals surface area contributed by atoms with E-state index in [1.165, 1.54) is 47.0 Å². The third-order valence-corrected chi connectivity index (χ3v) is 7.04. The molecule has 1 saturated carbocycles. The molecule has 0 spiro atoms. The van der Waals surface area contributed by atoms with Crippen molar-refractivity contribution in [3.63, 3.8) is 0 Å². The number of benzene rings is 3. The largest absolute Gasteiger partial charge is 0.435 e. The first-order chi connectivity index (χ1) is 17.4. The number of hydrogen-bond acceptors (Lipinski definition) is 4. The minimum absolute atomic E-state index is 0.0679. The minimum atomic E-state index is -3.59. The molecule has 3 aromatic carbocycles. The monoisotopic (exact) mass is 529 g/mol. The van der Waals surface area contributed by atoms with Gasteiger partial charge in [-0.05, 0) is 66.4 Å². The minimum Gasteiger partial charge on any atom is -0.435 e. The summed E-state index contributed by atoms with van der Waals surface area (Å²) in [6, 6.07) is 16.8. The second kappa shape index (κ2) is 8.84. The van der Waals surface area contributed by atoms with Crippen molar-refractivity contribution in [3.05, 3.63) is 89.4 Å². The summed E-state index contributed by atoms with van der Waals surface area (Å²) in [6.45, 7) is -3.09. The van der Waals surface area contributed by atoms with Gasteiger partial charge in [-0.15, -0.1) is 0 Å². The number of nitrogens with one attached hydrogen (secondary N) is 1. The third kappa shape index (κ3) is 4.86. The normalized spacial score (nSPS) is 14.6. The lowest BCUT2D eigenvalue weighted by molar-refractivity contribution is -0.0499. The molecule has 1 amide bonds. The molecular weight excluding hydrogens is 507 g/mol. The molecule has 11 heteroatoms. The van der Waals surface area contributed by atoms with E-state index in [2.05, 4.69) is 4.72 Å². The third-order valence-electron chi connectivity index (χ3n) is 6.43. The fourth-order valence-electron chi connectivity index (χ4n) is 4.74. The maximum absolute atomic E-state index is 13.6. The summed E-state index contributed by atoms with van der Waals surface area (Å²) in [5.41, 5.74) is 7.65. The van der Waals surface area contributed by atoms with E-state index >= 15 is 0 Å². The van der Waals surface area contributed by atoms with Crippen molar-refractivity contribution in [1.82, 2.24) is 4.57 Å². The number of alkyl halides is 2. The summed E-state index contributed by atoms with van der Waals surface area (Å²) in [5, 5.41) is 0.578. The summed E-state index contributed by atoms with van der Waals surface area (Å²) in [5.74, 6) is -1.28. The highest BCUT2D eigenvalue weighted by atomic mass is 32.2. The van der Waals surface area contributed by atoms with Crippen molar-refractivity contribution in [2.75, 3.05) is 11.0 Å². The molecule has 1 aliphatic carbocycles. The number of rotatable bonds is 8. The van der Waals surface area contributed by atoms with Gasteiger partial charge in [0.05, 0.1) is 23.1 Å². The highest BCUT2D eigenvalue weighted by Gasteiger charge is 2.46. The van der Waals surface area contributed by atoms with E-state index in [-0.39, 0.29) is 17.1 Å². The highest BCUT2D eigenvalue weighted by Crippen LogP contribution is 2.54. The molecule has 0 bridgehead atoms. The predicted octanol–water partition coefficient (Wildman–Crippen LogP) is 4.92. The molecule has 7 nitrogen and oxygen atoms in total. The molecule has 3 N–H and O–H groups in total. The van der Waals surface area contributed by atoms with Crippen LogP contribution in [0.15, 0.2) is 66.7 Å². The van der Waals surface area contributed by atoms with Gasteiger partial charge in [0.15, 0.2) is 0 Å². The number of nitrogens with two attached hydrogens (primary N) is 1. The van der Waals surface area contributed by atoms with Gasteiger partial charge in [-0.2, -0.15) is 8.78 Å². The van der Waals surface area contributed by atoms with Crippen molar-refractivity contribution in [2.24, 2.45) is 5.73 Å². The molecule has 0 saturated heterocycles. The number of nitrogens with zero attached hydrogens (tertiary/aromatic N) is 1. The summed E-state index contributed by atoms with van der Waals surface area (Å²) in [6.07, 6.45) is 2.41. The number of fused-ring (bicyclic) bond motifs is 1. The molecule has 5 rings (SSSR count). The summed E-state index contributed by atoms with van der Waals surface area (Å²) >= 11 is 0. The van der Waals surface area contributed by atoms with Gasteiger partial charge in [0.2, 0.25) is 10.0 Å². The molecule has 0 atom stereocenters. The molecule has 0 radical (unpaired) electrons. The van der Waals surface area contributed by atoms with E-state index in [9.17, 15) is 26.4 Å². The Morgan fingerprint density at radius 1 is 1.03 bits per heavy atom. The maximum Gasteiger partial charge on any atom is 0.387 e. The average molecular weight is 530 g/mol. The summed E-state index contributed by atoms with van der Waals surface area (Å²) in [4.78, 5) is 12.4. The zero-order valence-electron chi connectivity index (χ0n) is 19.5. The van der Waals surface area contributed by atoms with Crippen LogP contribution in [0.1, 0.15) is 34.5 Å². The number of carbonyl (C=O) groups excluding carboxylic acids is 1. The molecule has 1 fully saturated rings. The summed E-state index contributed by atoms with van der Waals surface area (Å²) in [7, 11) is -3.59. The number of halogens is 3. The SMILES string of the molecule is CS(=O)(=O)Nc1ccc2cc(C(N)=O)n(-c3cc(OC(F)F)cc(C4(c5ccc(F)cc5)CC4)c3)c2c1. The fraction of sp³-hybridized carbons (Fsp3) is 0.192. The van der Waals surface area contributed by atoms with Gasteiger partial charge in [-0.25, -0.2) is 12.8 Å². The first kappa shape index (κ1) is 24.7. The number of aromatic nitrogens is 1. The summed E-state index contributed by atoms with van der Waals surface area (Å²) < 4.78 is 72.3. The van der Waals surface area contributed by atoms with Crippen LogP contribution in [0, 0.1) is 5.82 Å².